The average molecular weight is 306 g/mol. The van der Waals surface area contributed by atoms with Crippen molar-refractivity contribution in [1.82, 2.24) is 10.2 Å². The second-order valence-corrected chi connectivity index (χ2v) is 5.75. The van der Waals surface area contributed by atoms with Gasteiger partial charge in [0.1, 0.15) is 0 Å². The smallest absolute Gasteiger partial charge is 0.303 e. The topological polar surface area (TPSA) is 100 Å². The molecule has 6 nitrogen and oxygen atoms in total. The van der Waals surface area contributed by atoms with Crippen LogP contribution in [0, 0.1) is 0 Å². The van der Waals surface area contributed by atoms with Gasteiger partial charge in [0.25, 0.3) is 0 Å². The van der Waals surface area contributed by atoms with Gasteiger partial charge in [-0.2, -0.15) is 10.2 Å². The molecule has 6 heteroatoms. The predicted octanol–water partition coefficient (Wildman–Crippen LogP) is 2.17. The number of rotatable bonds is 6. The van der Waals surface area contributed by atoms with Crippen molar-refractivity contribution in [3.63, 3.8) is 0 Å². The standard InChI is InChI=1S/C16H22N2O4/c19-15(20)9-7-13-11-5-3-1-2-4-6-12(11)14(18-17-13)8-10-16(21)22/h1-10H2,(H,19,20)(H,21,22). The summed E-state index contributed by atoms with van der Waals surface area (Å²) in [6.45, 7) is 0. The van der Waals surface area contributed by atoms with E-state index >= 15 is 0 Å². The van der Waals surface area contributed by atoms with Gasteiger partial charge in [0.15, 0.2) is 0 Å². The number of carboxylic acid groups (broad SMARTS) is 2. The zero-order valence-electron chi connectivity index (χ0n) is 12.7. The van der Waals surface area contributed by atoms with Gasteiger partial charge < -0.3 is 10.2 Å². The van der Waals surface area contributed by atoms with E-state index in [0.29, 0.717) is 12.8 Å². The molecular weight excluding hydrogens is 284 g/mol. The third-order valence-electron chi connectivity index (χ3n) is 4.11. The van der Waals surface area contributed by atoms with E-state index in [0.717, 1.165) is 48.2 Å². The van der Waals surface area contributed by atoms with Crippen LogP contribution in [0.1, 0.15) is 61.0 Å². The third-order valence-corrected chi connectivity index (χ3v) is 4.11. The molecule has 0 spiro atoms. The monoisotopic (exact) mass is 306 g/mol. The van der Waals surface area contributed by atoms with Gasteiger partial charge in [-0.05, 0) is 36.8 Å². The first kappa shape index (κ1) is 16.4. The lowest BCUT2D eigenvalue weighted by atomic mass is 9.89. The number of carboxylic acids is 2. The molecule has 22 heavy (non-hydrogen) atoms. The molecule has 0 aromatic carbocycles. The highest BCUT2D eigenvalue weighted by Crippen LogP contribution is 2.25. The summed E-state index contributed by atoms with van der Waals surface area (Å²) < 4.78 is 0. The molecule has 1 aromatic heterocycles. The average Bonchev–Trinajstić information content (AvgIpc) is 2.43. The first-order valence-electron chi connectivity index (χ1n) is 7.87. The molecule has 0 saturated heterocycles. The van der Waals surface area contributed by atoms with E-state index in [2.05, 4.69) is 10.2 Å². The Morgan fingerprint density at radius 1 is 0.773 bits per heavy atom. The number of aromatic nitrogens is 2. The second kappa shape index (κ2) is 7.87. The minimum absolute atomic E-state index is 0.0512. The number of nitrogens with zero attached hydrogens (tertiary/aromatic N) is 2. The van der Waals surface area contributed by atoms with E-state index in [-0.39, 0.29) is 12.8 Å². The highest BCUT2D eigenvalue weighted by Gasteiger charge is 2.18. The van der Waals surface area contributed by atoms with Crippen LogP contribution in [-0.2, 0) is 35.3 Å². The molecule has 1 aliphatic rings. The Bertz CT molecular complexity index is 508. The summed E-state index contributed by atoms with van der Waals surface area (Å²) in [5, 5.41) is 26.1. The summed E-state index contributed by atoms with van der Waals surface area (Å²) in [5.74, 6) is -1.67. The number of carbonyl (C=O) groups is 2. The molecule has 1 aliphatic carbocycles. The summed E-state index contributed by atoms with van der Waals surface area (Å²) in [4.78, 5) is 21.6. The summed E-state index contributed by atoms with van der Waals surface area (Å²) in [6.07, 6.45) is 7.14. The van der Waals surface area contributed by atoms with Crippen molar-refractivity contribution >= 4 is 11.9 Å². The molecule has 0 aliphatic heterocycles. The molecular formula is C16H22N2O4. The van der Waals surface area contributed by atoms with E-state index < -0.39 is 11.9 Å². The highest BCUT2D eigenvalue weighted by molar-refractivity contribution is 5.67. The van der Waals surface area contributed by atoms with Gasteiger partial charge in [-0.3, -0.25) is 9.59 Å². The maximum atomic E-state index is 10.8. The molecule has 2 N–H and O–H groups in total. The lowest BCUT2D eigenvalue weighted by Crippen LogP contribution is -2.14. The summed E-state index contributed by atoms with van der Waals surface area (Å²) in [6, 6.07) is 0. The lowest BCUT2D eigenvalue weighted by Gasteiger charge is -2.19. The summed E-state index contributed by atoms with van der Waals surface area (Å²) in [5.41, 5.74) is 3.80. The van der Waals surface area contributed by atoms with Gasteiger partial charge in [-0.1, -0.05) is 12.8 Å². The van der Waals surface area contributed by atoms with Crippen molar-refractivity contribution in [2.75, 3.05) is 0 Å². The Balaban J connectivity index is 2.30. The Labute approximate surface area is 129 Å². The Morgan fingerprint density at radius 2 is 1.18 bits per heavy atom. The highest BCUT2D eigenvalue weighted by atomic mass is 16.4. The van der Waals surface area contributed by atoms with Crippen LogP contribution < -0.4 is 0 Å². The number of aryl methyl sites for hydroxylation is 2. The van der Waals surface area contributed by atoms with Gasteiger partial charge in [0.2, 0.25) is 0 Å². The van der Waals surface area contributed by atoms with E-state index in [1.165, 1.54) is 12.8 Å². The fourth-order valence-corrected chi connectivity index (χ4v) is 2.99. The fourth-order valence-electron chi connectivity index (χ4n) is 2.99. The van der Waals surface area contributed by atoms with E-state index in [9.17, 15) is 9.59 Å². The molecule has 2 rings (SSSR count). The van der Waals surface area contributed by atoms with Crippen LogP contribution in [-0.4, -0.2) is 32.3 Å². The molecule has 0 unspecified atom stereocenters. The fraction of sp³-hybridized carbons (Fsp3) is 0.625. The number of hydrogen-bond acceptors (Lipinski definition) is 4. The third kappa shape index (κ3) is 4.51. The zero-order valence-corrected chi connectivity index (χ0v) is 12.7. The van der Waals surface area contributed by atoms with Crippen LogP contribution in [0.2, 0.25) is 0 Å². The van der Waals surface area contributed by atoms with Crippen LogP contribution in [0.4, 0.5) is 0 Å². The van der Waals surface area contributed by atoms with Crippen molar-refractivity contribution in [1.29, 1.82) is 0 Å². The largest absolute Gasteiger partial charge is 0.481 e. The normalized spacial score (nSPS) is 14.7. The molecule has 0 radical (unpaired) electrons. The molecule has 120 valence electrons. The lowest BCUT2D eigenvalue weighted by molar-refractivity contribution is -0.138. The van der Waals surface area contributed by atoms with Gasteiger partial charge in [0.05, 0.1) is 24.2 Å². The number of hydrogen-bond donors (Lipinski definition) is 2. The summed E-state index contributed by atoms with van der Waals surface area (Å²) >= 11 is 0. The second-order valence-electron chi connectivity index (χ2n) is 5.75. The van der Waals surface area contributed by atoms with Gasteiger partial charge in [-0.25, -0.2) is 0 Å². The first-order valence-corrected chi connectivity index (χ1v) is 7.87. The van der Waals surface area contributed by atoms with Gasteiger partial charge >= 0.3 is 11.9 Å². The van der Waals surface area contributed by atoms with Crippen molar-refractivity contribution in [2.24, 2.45) is 0 Å². The van der Waals surface area contributed by atoms with Crippen molar-refractivity contribution in [3.05, 3.63) is 22.5 Å². The molecule has 0 fully saturated rings. The number of aliphatic carboxylic acids is 2. The van der Waals surface area contributed by atoms with Gasteiger partial charge in [-0.15, -0.1) is 0 Å². The van der Waals surface area contributed by atoms with Crippen molar-refractivity contribution in [2.45, 2.75) is 64.2 Å². The van der Waals surface area contributed by atoms with Crippen molar-refractivity contribution in [3.8, 4) is 0 Å². The van der Waals surface area contributed by atoms with Gasteiger partial charge in [0, 0.05) is 12.8 Å². The minimum Gasteiger partial charge on any atom is -0.481 e. The van der Waals surface area contributed by atoms with Crippen LogP contribution in [0.25, 0.3) is 0 Å². The van der Waals surface area contributed by atoms with E-state index in [4.69, 9.17) is 10.2 Å². The molecule has 0 saturated carbocycles. The maximum absolute atomic E-state index is 10.8. The maximum Gasteiger partial charge on any atom is 0.303 e. The Morgan fingerprint density at radius 3 is 1.55 bits per heavy atom. The Hall–Kier alpha value is -1.98. The SMILES string of the molecule is O=C(O)CCc1nnc(CCC(=O)O)c2c1CCCCCC2. The number of fused-ring (bicyclic) bond motifs is 1. The first-order chi connectivity index (χ1) is 10.6. The predicted molar refractivity (Wildman–Crippen MR) is 79.8 cm³/mol. The van der Waals surface area contributed by atoms with Crippen LogP contribution in [0.5, 0.6) is 0 Å². The van der Waals surface area contributed by atoms with Crippen LogP contribution >= 0.6 is 0 Å². The molecule has 0 bridgehead atoms. The molecule has 0 atom stereocenters. The molecule has 0 amide bonds. The quantitative estimate of drug-likeness (QED) is 0.835. The molecule has 1 aromatic rings. The minimum atomic E-state index is -0.837. The Kier molecular flexibility index (Phi) is 5.86. The van der Waals surface area contributed by atoms with Crippen LogP contribution in [0.15, 0.2) is 0 Å². The molecule has 1 heterocycles. The van der Waals surface area contributed by atoms with E-state index in [1.54, 1.807) is 0 Å². The van der Waals surface area contributed by atoms with Crippen molar-refractivity contribution < 1.29 is 19.8 Å². The van der Waals surface area contributed by atoms with E-state index in [1.807, 2.05) is 0 Å². The zero-order chi connectivity index (χ0) is 15.9. The van der Waals surface area contributed by atoms with Crippen LogP contribution in [0.3, 0.4) is 0 Å². The summed E-state index contributed by atoms with van der Waals surface area (Å²) in [7, 11) is 0.